The molecular formula is C16H21N5O4S3. The van der Waals surface area contributed by atoms with Gasteiger partial charge in [0.25, 0.3) is 0 Å². The predicted molar refractivity (Wildman–Crippen MR) is 111 cm³/mol. The van der Waals surface area contributed by atoms with Gasteiger partial charge in [-0.1, -0.05) is 29.2 Å². The summed E-state index contributed by atoms with van der Waals surface area (Å²) in [4.78, 5) is 24.0. The van der Waals surface area contributed by atoms with E-state index >= 15 is 0 Å². The quantitative estimate of drug-likeness (QED) is 0.470. The summed E-state index contributed by atoms with van der Waals surface area (Å²) in [5, 5.41) is 13.3. The first-order valence-corrected chi connectivity index (χ1v) is 11.7. The van der Waals surface area contributed by atoms with Crippen molar-refractivity contribution in [2.24, 2.45) is 0 Å². The number of anilines is 2. The zero-order chi connectivity index (χ0) is 20.9. The molecule has 2 amide bonds. The number of carbonyl (C=O) groups is 2. The van der Waals surface area contributed by atoms with Crippen LogP contribution in [0.15, 0.2) is 22.5 Å². The Labute approximate surface area is 172 Å². The Morgan fingerprint density at radius 3 is 2.36 bits per heavy atom. The molecule has 1 aromatic carbocycles. The average molecular weight is 444 g/mol. The molecule has 1 aromatic heterocycles. The van der Waals surface area contributed by atoms with Gasteiger partial charge in [-0.05, 0) is 37.1 Å². The highest BCUT2D eigenvalue weighted by Crippen LogP contribution is 2.25. The maximum Gasteiger partial charge on any atom is 0.241 e. The van der Waals surface area contributed by atoms with Crippen molar-refractivity contribution in [3.8, 4) is 0 Å². The number of nitrogens with one attached hydrogen (secondary N) is 2. The Kier molecular flexibility index (Phi) is 7.52. The van der Waals surface area contributed by atoms with Crippen molar-refractivity contribution in [1.29, 1.82) is 0 Å². The maximum atomic E-state index is 12.1. The van der Waals surface area contributed by atoms with E-state index in [2.05, 4.69) is 20.8 Å². The number of benzene rings is 1. The first-order chi connectivity index (χ1) is 13.0. The lowest BCUT2D eigenvalue weighted by Gasteiger charge is -2.12. The number of sulfonamides is 1. The van der Waals surface area contributed by atoms with Gasteiger partial charge in [-0.25, -0.2) is 8.42 Å². The molecule has 0 aliphatic carbocycles. The Balaban J connectivity index is 1.84. The summed E-state index contributed by atoms with van der Waals surface area (Å²) >= 11 is 2.31. The van der Waals surface area contributed by atoms with Gasteiger partial charge in [-0.15, -0.1) is 10.2 Å². The van der Waals surface area contributed by atoms with Crippen LogP contribution in [-0.4, -0.2) is 60.3 Å². The number of aromatic nitrogens is 2. The highest BCUT2D eigenvalue weighted by atomic mass is 32.2. The van der Waals surface area contributed by atoms with Crippen LogP contribution in [0.5, 0.6) is 0 Å². The van der Waals surface area contributed by atoms with E-state index in [0.717, 1.165) is 38.7 Å². The van der Waals surface area contributed by atoms with Crippen LogP contribution < -0.4 is 10.6 Å². The molecule has 0 aliphatic heterocycles. The van der Waals surface area contributed by atoms with Crippen molar-refractivity contribution in [2.75, 3.05) is 36.2 Å². The van der Waals surface area contributed by atoms with Crippen LogP contribution in [0.1, 0.15) is 11.1 Å². The van der Waals surface area contributed by atoms with Gasteiger partial charge in [0.05, 0.1) is 18.6 Å². The Morgan fingerprint density at radius 2 is 1.75 bits per heavy atom. The van der Waals surface area contributed by atoms with Gasteiger partial charge in [-0.3, -0.25) is 14.9 Å². The summed E-state index contributed by atoms with van der Waals surface area (Å²) in [5.74, 6) is -0.550. The van der Waals surface area contributed by atoms with Crippen molar-refractivity contribution >= 4 is 55.8 Å². The van der Waals surface area contributed by atoms with Gasteiger partial charge in [0.15, 0.2) is 4.34 Å². The molecule has 2 rings (SSSR count). The second kappa shape index (κ2) is 9.45. The molecule has 12 heteroatoms. The molecule has 0 aliphatic rings. The van der Waals surface area contributed by atoms with Crippen LogP contribution in [0, 0.1) is 13.8 Å². The van der Waals surface area contributed by atoms with Gasteiger partial charge < -0.3 is 5.32 Å². The number of aryl methyl sites for hydroxylation is 2. The monoisotopic (exact) mass is 443 g/mol. The molecule has 0 unspecified atom stereocenters. The zero-order valence-electron chi connectivity index (χ0n) is 15.8. The molecule has 2 N–H and O–H groups in total. The Bertz CT molecular complexity index is 954. The molecule has 0 spiro atoms. The van der Waals surface area contributed by atoms with Gasteiger partial charge in [0.1, 0.15) is 0 Å². The molecule has 152 valence electrons. The second-order valence-electron chi connectivity index (χ2n) is 6.15. The predicted octanol–water partition coefficient (Wildman–Crippen LogP) is 1.72. The summed E-state index contributed by atoms with van der Waals surface area (Å²) in [6.07, 6.45) is 1.02. The molecule has 0 fully saturated rings. The first-order valence-electron chi connectivity index (χ1n) is 8.08. The minimum absolute atomic E-state index is 0.145. The molecule has 0 saturated heterocycles. The van der Waals surface area contributed by atoms with Crippen LogP contribution >= 0.6 is 23.1 Å². The SMILES string of the molecule is Cc1cc(C)cc(NC(=O)CSc2nnc(NC(=O)CN(C)S(C)(=O)=O)s2)c1. The topological polar surface area (TPSA) is 121 Å². The fourth-order valence-corrected chi connectivity index (χ4v) is 4.09. The molecule has 1 heterocycles. The third-order valence-corrected chi connectivity index (χ3v) is 6.65. The minimum atomic E-state index is -3.44. The molecule has 0 radical (unpaired) electrons. The lowest BCUT2D eigenvalue weighted by Crippen LogP contribution is -2.34. The fraction of sp³-hybridized carbons (Fsp3) is 0.375. The molecule has 0 atom stereocenters. The molecule has 0 saturated carbocycles. The molecule has 2 aromatic rings. The summed E-state index contributed by atoms with van der Waals surface area (Å²) in [6, 6.07) is 5.80. The summed E-state index contributed by atoms with van der Waals surface area (Å²) < 4.78 is 24.1. The Hall–Kier alpha value is -2.02. The van der Waals surface area contributed by atoms with E-state index in [1.54, 1.807) is 0 Å². The van der Waals surface area contributed by atoms with E-state index in [1.807, 2.05) is 32.0 Å². The van der Waals surface area contributed by atoms with Crippen LogP contribution in [0.3, 0.4) is 0 Å². The summed E-state index contributed by atoms with van der Waals surface area (Å²) in [7, 11) is -2.13. The number of rotatable bonds is 8. The van der Waals surface area contributed by atoms with Crippen molar-refractivity contribution < 1.29 is 18.0 Å². The Morgan fingerprint density at radius 1 is 1.11 bits per heavy atom. The standard InChI is InChI=1S/C16H21N5O4S3/c1-10-5-11(2)7-12(6-10)17-14(23)9-26-16-20-19-15(27-16)18-13(22)8-21(3)28(4,24)25/h5-7H,8-9H2,1-4H3,(H,17,23)(H,18,19,22). The van der Waals surface area contributed by atoms with Crippen molar-refractivity contribution in [2.45, 2.75) is 18.2 Å². The maximum absolute atomic E-state index is 12.1. The number of likely N-dealkylation sites (N-methyl/N-ethyl adjacent to an activating group) is 1. The zero-order valence-corrected chi connectivity index (χ0v) is 18.3. The molecule has 9 nitrogen and oxygen atoms in total. The van der Waals surface area contributed by atoms with Crippen molar-refractivity contribution in [3.05, 3.63) is 29.3 Å². The van der Waals surface area contributed by atoms with Gasteiger partial charge >= 0.3 is 0 Å². The number of amides is 2. The van der Waals surface area contributed by atoms with E-state index in [4.69, 9.17) is 0 Å². The van der Waals surface area contributed by atoms with E-state index in [1.165, 1.54) is 18.8 Å². The van der Waals surface area contributed by atoms with E-state index in [-0.39, 0.29) is 23.3 Å². The largest absolute Gasteiger partial charge is 0.325 e. The third-order valence-electron chi connectivity index (χ3n) is 3.42. The van der Waals surface area contributed by atoms with Crippen LogP contribution in [0.25, 0.3) is 0 Å². The van der Waals surface area contributed by atoms with Gasteiger partial charge in [0, 0.05) is 12.7 Å². The minimum Gasteiger partial charge on any atom is -0.325 e. The molecule has 0 bridgehead atoms. The third kappa shape index (κ3) is 7.19. The fourth-order valence-electron chi connectivity index (χ4n) is 2.17. The number of carbonyl (C=O) groups excluding carboxylic acids is 2. The lowest BCUT2D eigenvalue weighted by molar-refractivity contribution is -0.116. The van der Waals surface area contributed by atoms with Crippen LogP contribution in [0.2, 0.25) is 0 Å². The van der Waals surface area contributed by atoms with Crippen LogP contribution in [-0.2, 0) is 19.6 Å². The highest BCUT2D eigenvalue weighted by molar-refractivity contribution is 8.01. The smallest absolute Gasteiger partial charge is 0.241 e. The molecule has 28 heavy (non-hydrogen) atoms. The van der Waals surface area contributed by atoms with Crippen molar-refractivity contribution in [3.63, 3.8) is 0 Å². The van der Waals surface area contributed by atoms with E-state index in [0.29, 0.717) is 4.34 Å². The average Bonchev–Trinajstić information content (AvgIpc) is 2.98. The number of thioether (sulfide) groups is 1. The summed E-state index contributed by atoms with van der Waals surface area (Å²) in [6.45, 7) is 3.60. The second-order valence-corrected chi connectivity index (χ2v) is 10.4. The van der Waals surface area contributed by atoms with E-state index in [9.17, 15) is 18.0 Å². The van der Waals surface area contributed by atoms with E-state index < -0.39 is 15.9 Å². The van der Waals surface area contributed by atoms with Gasteiger partial charge in [-0.2, -0.15) is 4.31 Å². The summed E-state index contributed by atoms with van der Waals surface area (Å²) in [5.41, 5.74) is 2.87. The number of nitrogens with zero attached hydrogens (tertiary/aromatic N) is 3. The normalized spacial score (nSPS) is 11.5. The first kappa shape index (κ1) is 22.3. The van der Waals surface area contributed by atoms with Crippen LogP contribution in [0.4, 0.5) is 10.8 Å². The number of hydrogen-bond acceptors (Lipinski definition) is 8. The van der Waals surface area contributed by atoms with Crippen molar-refractivity contribution in [1.82, 2.24) is 14.5 Å². The highest BCUT2D eigenvalue weighted by Gasteiger charge is 2.17. The number of hydrogen-bond donors (Lipinski definition) is 2. The lowest BCUT2D eigenvalue weighted by atomic mass is 10.1. The van der Waals surface area contributed by atoms with Gasteiger partial charge in [0.2, 0.25) is 27.0 Å². The molecular weight excluding hydrogens is 422 g/mol.